The van der Waals surface area contributed by atoms with Crippen molar-refractivity contribution in [1.82, 2.24) is 0 Å². The number of carbonyl (C=O) groups is 2. The minimum atomic E-state index is -0.815. The molecule has 25 heavy (non-hydrogen) atoms. The van der Waals surface area contributed by atoms with E-state index in [9.17, 15) is 9.59 Å². The Labute approximate surface area is 150 Å². The molecule has 124 valence electrons. The summed E-state index contributed by atoms with van der Waals surface area (Å²) in [6.07, 6.45) is 2.18. The van der Waals surface area contributed by atoms with E-state index in [1.54, 1.807) is 53.4 Å². The molecule has 1 spiro atoms. The Balaban J connectivity index is 1.78. The monoisotopic (exact) mass is 351 g/mol. The quantitative estimate of drug-likeness (QED) is 0.765. The van der Waals surface area contributed by atoms with Gasteiger partial charge >= 0.3 is 6.03 Å². The molecule has 1 saturated carbocycles. The highest BCUT2D eigenvalue weighted by atomic mass is 35.5. The molecule has 0 atom stereocenters. The van der Waals surface area contributed by atoms with Crippen molar-refractivity contribution in [2.75, 3.05) is 9.80 Å². The molecule has 5 nitrogen and oxygen atoms in total. The van der Waals surface area contributed by atoms with E-state index in [-0.39, 0.29) is 11.9 Å². The fraction of sp³-hybridized carbons (Fsp3) is 0.211. The molecule has 3 amide bonds. The molecule has 2 aromatic carbocycles. The zero-order chi connectivity index (χ0) is 17.6. The highest BCUT2D eigenvalue weighted by Gasteiger charge is 2.61. The lowest BCUT2D eigenvalue weighted by Gasteiger charge is -2.42. The molecule has 2 aliphatic rings. The topological polar surface area (TPSA) is 64.4 Å². The maximum Gasteiger partial charge on any atom is 0.336 e. The van der Waals surface area contributed by atoms with Gasteiger partial charge in [0.05, 0.1) is 17.3 Å². The number of hydrogen-bond donors (Lipinski definition) is 0. The minimum absolute atomic E-state index is 0.199. The number of urea groups is 1. The summed E-state index contributed by atoms with van der Waals surface area (Å²) in [5, 5.41) is 9.50. The van der Waals surface area contributed by atoms with Crippen LogP contribution in [0.4, 0.5) is 16.2 Å². The second kappa shape index (κ2) is 5.61. The third-order valence-electron chi connectivity index (χ3n) is 4.93. The van der Waals surface area contributed by atoms with Crippen LogP contribution < -0.4 is 9.80 Å². The fourth-order valence-electron chi connectivity index (χ4n) is 3.48. The van der Waals surface area contributed by atoms with Crippen LogP contribution in [-0.2, 0) is 4.79 Å². The molecule has 1 aliphatic heterocycles. The van der Waals surface area contributed by atoms with Gasteiger partial charge in [-0.1, -0.05) is 11.6 Å². The number of imide groups is 1. The number of nitrogens with zero attached hydrogens (tertiary/aromatic N) is 3. The molecule has 2 aromatic rings. The number of anilines is 2. The van der Waals surface area contributed by atoms with Crippen molar-refractivity contribution in [3.63, 3.8) is 0 Å². The molecular weight excluding hydrogens is 338 g/mol. The third kappa shape index (κ3) is 2.22. The number of hydrogen-bond acceptors (Lipinski definition) is 3. The van der Waals surface area contributed by atoms with E-state index in [1.807, 2.05) is 0 Å². The van der Waals surface area contributed by atoms with Crippen LogP contribution in [0.5, 0.6) is 0 Å². The first-order valence-electron chi connectivity index (χ1n) is 8.01. The molecule has 0 aromatic heterocycles. The first-order valence-corrected chi connectivity index (χ1v) is 8.39. The average Bonchev–Trinajstić information content (AvgIpc) is 2.83. The van der Waals surface area contributed by atoms with Gasteiger partial charge in [-0.3, -0.25) is 9.69 Å². The molecule has 0 N–H and O–H groups in total. The maximum absolute atomic E-state index is 13.1. The Kier molecular flexibility index (Phi) is 3.52. The molecule has 6 heteroatoms. The van der Waals surface area contributed by atoms with E-state index in [4.69, 9.17) is 16.9 Å². The first-order chi connectivity index (χ1) is 12.1. The van der Waals surface area contributed by atoms with Gasteiger partial charge < -0.3 is 0 Å². The number of halogens is 1. The molecule has 1 saturated heterocycles. The number of amides is 3. The smallest absolute Gasteiger partial charge is 0.278 e. The van der Waals surface area contributed by atoms with E-state index in [1.165, 1.54) is 4.90 Å². The first kappa shape index (κ1) is 15.7. The summed E-state index contributed by atoms with van der Waals surface area (Å²) in [7, 11) is 0. The summed E-state index contributed by atoms with van der Waals surface area (Å²) in [6.45, 7) is 0. The largest absolute Gasteiger partial charge is 0.336 e. The second-order valence-electron chi connectivity index (χ2n) is 6.28. The van der Waals surface area contributed by atoms with Gasteiger partial charge in [-0.15, -0.1) is 0 Å². The van der Waals surface area contributed by atoms with E-state index in [0.29, 0.717) is 34.8 Å². The van der Waals surface area contributed by atoms with Crippen LogP contribution in [0.2, 0.25) is 5.02 Å². The van der Waals surface area contributed by atoms with Gasteiger partial charge in [-0.2, -0.15) is 5.26 Å². The summed E-state index contributed by atoms with van der Waals surface area (Å²) in [5.74, 6) is -0.199. The second-order valence-corrected chi connectivity index (χ2v) is 6.72. The molecule has 2 fully saturated rings. The summed E-state index contributed by atoms with van der Waals surface area (Å²) in [4.78, 5) is 29.0. The van der Waals surface area contributed by atoms with Crippen molar-refractivity contribution in [2.45, 2.75) is 24.8 Å². The van der Waals surface area contributed by atoms with Crippen LogP contribution in [0.3, 0.4) is 0 Å². The van der Waals surface area contributed by atoms with Gasteiger partial charge in [-0.05, 0) is 67.8 Å². The summed E-state index contributed by atoms with van der Waals surface area (Å²) in [5.41, 5.74) is 0.847. The minimum Gasteiger partial charge on any atom is -0.278 e. The Bertz CT molecular complexity index is 896. The Hall–Kier alpha value is -2.84. The molecule has 1 heterocycles. The maximum atomic E-state index is 13.1. The van der Waals surface area contributed by atoms with Crippen molar-refractivity contribution >= 4 is 34.9 Å². The SMILES string of the molecule is N#Cc1ccc(N2C(=O)N(c3ccc(Cl)cc3)C(=O)C23CCC3)cc1. The number of benzene rings is 2. The highest BCUT2D eigenvalue weighted by Crippen LogP contribution is 2.47. The predicted molar refractivity (Wildman–Crippen MR) is 94.6 cm³/mol. The van der Waals surface area contributed by atoms with Crippen molar-refractivity contribution < 1.29 is 9.59 Å². The molecule has 0 radical (unpaired) electrons. The van der Waals surface area contributed by atoms with Crippen LogP contribution in [0.15, 0.2) is 48.5 Å². The van der Waals surface area contributed by atoms with Crippen LogP contribution in [0, 0.1) is 11.3 Å². The van der Waals surface area contributed by atoms with E-state index >= 15 is 0 Å². The molecule has 0 bridgehead atoms. The van der Waals surface area contributed by atoms with Crippen molar-refractivity contribution in [2.24, 2.45) is 0 Å². The molecule has 4 rings (SSSR count). The average molecular weight is 352 g/mol. The lowest BCUT2D eigenvalue weighted by atomic mass is 9.75. The zero-order valence-electron chi connectivity index (χ0n) is 13.3. The van der Waals surface area contributed by atoms with Gasteiger partial charge in [-0.25, -0.2) is 9.69 Å². The standard InChI is InChI=1S/C19H14ClN3O2/c20-14-4-8-15(9-5-14)22-17(24)19(10-1-11-19)23(18(22)25)16-6-2-13(12-21)3-7-16/h2-9H,1,10-11H2. The van der Waals surface area contributed by atoms with Crippen LogP contribution in [-0.4, -0.2) is 17.5 Å². The summed E-state index contributed by atoms with van der Waals surface area (Å²) >= 11 is 5.91. The van der Waals surface area contributed by atoms with Gasteiger partial charge in [0.15, 0.2) is 0 Å². The number of nitriles is 1. The lowest BCUT2D eigenvalue weighted by Crippen LogP contribution is -2.55. The van der Waals surface area contributed by atoms with Crippen LogP contribution in [0.25, 0.3) is 0 Å². The lowest BCUT2D eigenvalue weighted by molar-refractivity contribution is -0.123. The van der Waals surface area contributed by atoms with Gasteiger partial charge in [0, 0.05) is 10.7 Å². The molecule has 1 aliphatic carbocycles. The normalized spacial score (nSPS) is 18.4. The highest BCUT2D eigenvalue weighted by molar-refractivity contribution is 6.32. The van der Waals surface area contributed by atoms with E-state index in [2.05, 4.69) is 6.07 Å². The van der Waals surface area contributed by atoms with Crippen molar-refractivity contribution in [1.29, 1.82) is 5.26 Å². The Morgan fingerprint density at radius 1 is 0.960 bits per heavy atom. The van der Waals surface area contributed by atoms with Gasteiger partial charge in [0.25, 0.3) is 5.91 Å². The Morgan fingerprint density at radius 3 is 2.08 bits per heavy atom. The number of rotatable bonds is 2. The van der Waals surface area contributed by atoms with E-state index in [0.717, 1.165) is 6.42 Å². The van der Waals surface area contributed by atoms with Crippen LogP contribution in [0.1, 0.15) is 24.8 Å². The van der Waals surface area contributed by atoms with Crippen molar-refractivity contribution in [3.05, 3.63) is 59.1 Å². The summed E-state index contributed by atoms with van der Waals surface area (Å²) in [6, 6.07) is 15.1. The van der Waals surface area contributed by atoms with Gasteiger partial charge in [0.2, 0.25) is 0 Å². The summed E-state index contributed by atoms with van der Waals surface area (Å²) < 4.78 is 0. The molecular formula is C19H14ClN3O2. The van der Waals surface area contributed by atoms with Crippen molar-refractivity contribution in [3.8, 4) is 6.07 Å². The fourth-order valence-corrected chi connectivity index (χ4v) is 3.61. The number of carbonyl (C=O) groups excluding carboxylic acids is 2. The third-order valence-corrected chi connectivity index (χ3v) is 5.18. The predicted octanol–water partition coefficient (Wildman–Crippen LogP) is 4.11. The van der Waals surface area contributed by atoms with Gasteiger partial charge in [0.1, 0.15) is 5.54 Å². The Morgan fingerprint density at radius 2 is 1.56 bits per heavy atom. The van der Waals surface area contributed by atoms with E-state index < -0.39 is 5.54 Å². The zero-order valence-corrected chi connectivity index (χ0v) is 14.0. The molecule has 0 unspecified atom stereocenters. The van der Waals surface area contributed by atoms with Crippen LogP contribution >= 0.6 is 11.6 Å².